The van der Waals surface area contributed by atoms with E-state index in [0.29, 0.717) is 21.3 Å². The summed E-state index contributed by atoms with van der Waals surface area (Å²) >= 11 is 7.20. The van der Waals surface area contributed by atoms with E-state index in [-0.39, 0.29) is 30.3 Å². The van der Waals surface area contributed by atoms with Gasteiger partial charge in [-0.3, -0.25) is 14.9 Å². The normalized spacial score (nSPS) is 12.5. The van der Waals surface area contributed by atoms with Crippen molar-refractivity contribution in [3.8, 4) is 5.75 Å². The van der Waals surface area contributed by atoms with E-state index in [4.69, 9.17) is 14.2 Å². The van der Waals surface area contributed by atoms with Crippen LogP contribution in [0, 0.1) is 0 Å². The molecule has 2 aromatic rings. The van der Waals surface area contributed by atoms with Crippen LogP contribution in [-0.2, 0) is 19.0 Å². The summed E-state index contributed by atoms with van der Waals surface area (Å²) in [6.45, 7) is 1.46. The molecule has 0 saturated carbocycles. The molecule has 0 bridgehead atoms. The van der Waals surface area contributed by atoms with Crippen molar-refractivity contribution in [1.29, 1.82) is 0 Å². The molecule has 0 aliphatic heterocycles. The lowest BCUT2D eigenvalue weighted by atomic mass is 10.0. The van der Waals surface area contributed by atoms with Gasteiger partial charge in [0.05, 0.1) is 12.4 Å². The summed E-state index contributed by atoms with van der Waals surface area (Å²) in [6.07, 6.45) is -2.33. The number of carbonyl (C=O) groups excluding carboxylic acids is 3. The summed E-state index contributed by atoms with van der Waals surface area (Å²) in [4.78, 5) is 35.4. The average Bonchev–Trinajstić information content (AvgIpc) is 2.77. The van der Waals surface area contributed by atoms with Crippen LogP contribution < -0.4 is 5.32 Å². The highest BCUT2D eigenvalue weighted by Crippen LogP contribution is 2.34. The predicted molar refractivity (Wildman–Crippen MR) is 125 cm³/mol. The van der Waals surface area contributed by atoms with E-state index >= 15 is 0 Å². The number of hydrogen-bond acceptors (Lipinski definition) is 8. The highest BCUT2D eigenvalue weighted by atomic mass is 79.9. The number of ketones is 1. The number of halogens is 1. The van der Waals surface area contributed by atoms with E-state index in [1.54, 1.807) is 36.4 Å². The Labute approximate surface area is 199 Å². The van der Waals surface area contributed by atoms with Crippen molar-refractivity contribution in [3.05, 3.63) is 58.1 Å². The van der Waals surface area contributed by atoms with Gasteiger partial charge in [0.15, 0.2) is 11.9 Å². The Morgan fingerprint density at radius 1 is 1.16 bits per heavy atom. The maximum atomic E-state index is 12.6. The first-order valence-corrected chi connectivity index (χ1v) is 11.0. The van der Waals surface area contributed by atoms with Crippen molar-refractivity contribution in [2.75, 3.05) is 24.8 Å². The molecule has 0 unspecified atom stereocenters. The number of aromatic hydroxyl groups is 1. The van der Waals surface area contributed by atoms with E-state index in [2.05, 4.69) is 33.9 Å². The number of esters is 1. The maximum absolute atomic E-state index is 12.6. The third kappa shape index (κ3) is 7.54. The first kappa shape index (κ1) is 25.7. The Morgan fingerprint density at radius 2 is 1.84 bits per heavy atom. The Balaban J connectivity index is 2.21. The van der Waals surface area contributed by atoms with Gasteiger partial charge in [-0.15, -0.1) is 0 Å². The third-order valence-electron chi connectivity index (χ3n) is 4.50. The number of nitrogens with one attached hydrogen (secondary N) is 1. The second-order valence-corrected chi connectivity index (χ2v) is 7.96. The molecule has 0 saturated heterocycles. The molecule has 10 heteroatoms. The standard InChI is InChI=1S/C22H24BrNO7S/c1-13(25)14-3-6-16(7-4-14)24-22(28)31-21(17-11-15(23)5-8-18(17)26)19(29-2)9-10-30-20(27)12-32/h3-8,11,19,21,26,32H,9-10,12H2,1-2H3,(H,24,28)/t19-,21-/m0/s1. The predicted octanol–water partition coefficient (Wildman–Crippen LogP) is 4.53. The number of benzene rings is 2. The zero-order valence-electron chi connectivity index (χ0n) is 17.5. The van der Waals surface area contributed by atoms with Gasteiger partial charge in [-0.25, -0.2) is 4.79 Å². The Morgan fingerprint density at radius 3 is 2.44 bits per heavy atom. The minimum absolute atomic E-state index is 0.0145. The van der Waals surface area contributed by atoms with Crippen molar-refractivity contribution in [2.24, 2.45) is 0 Å². The summed E-state index contributed by atoms with van der Waals surface area (Å²) < 4.78 is 16.8. The van der Waals surface area contributed by atoms with Gasteiger partial charge >= 0.3 is 12.1 Å². The van der Waals surface area contributed by atoms with E-state index in [1.165, 1.54) is 20.1 Å². The van der Waals surface area contributed by atoms with Crippen LogP contribution in [0.1, 0.15) is 35.4 Å². The number of amides is 1. The van der Waals surface area contributed by atoms with E-state index in [9.17, 15) is 19.5 Å². The number of rotatable bonds is 10. The molecule has 2 N–H and O–H groups in total. The number of Topliss-reactive ketones (excluding diaryl/α,β-unsaturated/α-hetero) is 1. The Hall–Kier alpha value is -2.56. The molecular formula is C22H24BrNO7S. The second kappa shape index (κ2) is 12.5. The van der Waals surface area contributed by atoms with Crippen molar-refractivity contribution >= 4 is 52.1 Å². The van der Waals surface area contributed by atoms with Gasteiger partial charge in [0.2, 0.25) is 0 Å². The van der Waals surface area contributed by atoms with Gasteiger partial charge in [-0.05, 0) is 49.4 Å². The number of hydrogen-bond donors (Lipinski definition) is 3. The van der Waals surface area contributed by atoms with E-state index < -0.39 is 24.3 Å². The summed E-state index contributed by atoms with van der Waals surface area (Å²) in [5.74, 6) is -0.732. The maximum Gasteiger partial charge on any atom is 0.412 e. The fourth-order valence-corrected chi connectivity index (χ4v) is 3.34. The minimum Gasteiger partial charge on any atom is -0.508 e. The SMILES string of the molecule is CO[C@@H](CCOC(=O)CS)[C@@H](OC(=O)Nc1ccc(C(C)=O)cc1)c1cc(Br)ccc1O. The van der Waals surface area contributed by atoms with Crippen LogP contribution in [0.25, 0.3) is 0 Å². The summed E-state index contributed by atoms with van der Waals surface area (Å²) in [5, 5.41) is 13.0. The fourth-order valence-electron chi connectivity index (χ4n) is 2.87. The first-order chi connectivity index (χ1) is 15.2. The average molecular weight is 526 g/mol. The zero-order valence-corrected chi connectivity index (χ0v) is 20.0. The monoisotopic (exact) mass is 525 g/mol. The van der Waals surface area contributed by atoms with Gasteiger partial charge in [0.25, 0.3) is 0 Å². The van der Waals surface area contributed by atoms with Crippen molar-refractivity contribution in [3.63, 3.8) is 0 Å². The Kier molecular flexibility index (Phi) is 10.0. The molecule has 0 aliphatic rings. The molecule has 0 heterocycles. The molecule has 2 aromatic carbocycles. The van der Waals surface area contributed by atoms with Crippen LogP contribution in [0.5, 0.6) is 5.75 Å². The number of phenolic OH excluding ortho intramolecular Hbond substituents is 1. The lowest BCUT2D eigenvalue weighted by molar-refractivity contribution is -0.141. The molecule has 0 aliphatic carbocycles. The third-order valence-corrected chi connectivity index (χ3v) is 5.25. The molecule has 172 valence electrons. The molecule has 0 fully saturated rings. The van der Waals surface area contributed by atoms with Crippen LogP contribution in [0.15, 0.2) is 46.9 Å². The summed E-state index contributed by atoms with van der Waals surface area (Å²) in [7, 11) is 1.43. The molecule has 0 radical (unpaired) electrons. The molecule has 1 amide bonds. The highest BCUT2D eigenvalue weighted by Gasteiger charge is 2.30. The number of methoxy groups -OCH3 is 1. The largest absolute Gasteiger partial charge is 0.508 e. The van der Waals surface area contributed by atoms with Crippen molar-refractivity contribution in [2.45, 2.75) is 25.6 Å². The topological polar surface area (TPSA) is 111 Å². The minimum atomic E-state index is -1.01. The zero-order chi connectivity index (χ0) is 23.7. The number of thiol groups is 1. The number of ether oxygens (including phenoxy) is 3. The number of anilines is 1. The van der Waals surface area contributed by atoms with Gasteiger partial charge in [-0.1, -0.05) is 15.9 Å². The van der Waals surface area contributed by atoms with Crippen LogP contribution in [0.4, 0.5) is 10.5 Å². The van der Waals surface area contributed by atoms with Crippen LogP contribution in [0.2, 0.25) is 0 Å². The van der Waals surface area contributed by atoms with Gasteiger partial charge in [-0.2, -0.15) is 12.6 Å². The quantitative estimate of drug-likeness (QED) is 0.237. The molecule has 32 heavy (non-hydrogen) atoms. The van der Waals surface area contributed by atoms with Gasteiger partial charge in [0, 0.05) is 34.8 Å². The smallest absolute Gasteiger partial charge is 0.412 e. The van der Waals surface area contributed by atoms with E-state index in [0.717, 1.165) is 0 Å². The molecule has 0 aromatic heterocycles. The second-order valence-electron chi connectivity index (χ2n) is 6.73. The lowest BCUT2D eigenvalue weighted by Crippen LogP contribution is -2.29. The van der Waals surface area contributed by atoms with Crippen LogP contribution in [0.3, 0.4) is 0 Å². The van der Waals surface area contributed by atoms with Crippen molar-refractivity contribution in [1.82, 2.24) is 0 Å². The Bertz CT molecular complexity index is 952. The van der Waals surface area contributed by atoms with Gasteiger partial charge < -0.3 is 19.3 Å². The fraction of sp³-hybridized carbons (Fsp3) is 0.318. The van der Waals surface area contributed by atoms with Gasteiger partial charge in [0.1, 0.15) is 11.9 Å². The van der Waals surface area contributed by atoms with Crippen molar-refractivity contribution < 1.29 is 33.7 Å². The highest BCUT2D eigenvalue weighted by molar-refractivity contribution is 9.10. The molecule has 0 spiro atoms. The van der Waals surface area contributed by atoms with Crippen LogP contribution in [-0.4, -0.2) is 48.5 Å². The molecular weight excluding hydrogens is 502 g/mol. The molecule has 8 nitrogen and oxygen atoms in total. The molecule has 2 rings (SSSR count). The summed E-state index contributed by atoms with van der Waals surface area (Å²) in [5.41, 5.74) is 1.25. The number of phenols is 1. The summed E-state index contributed by atoms with van der Waals surface area (Å²) in [6, 6.07) is 11.0. The molecule has 2 atom stereocenters. The number of carbonyl (C=O) groups is 3. The van der Waals surface area contributed by atoms with E-state index in [1.807, 2.05) is 0 Å². The first-order valence-electron chi connectivity index (χ1n) is 9.61. The lowest BCUT2D eigenvalue weighted by Gasteiger charge is -2.27. The van der Waals surface area contributed by atoms with Crippen LogP contribution >= 0.6 is 28.6 Å².